The molecule has 27 heavy (non-hydrogen) atoms. The fourth-order valence-corrected chi connectivity index (χ4v) is 4.05. The standard InChI is InChI=1S/C20H27N3O3S/c1-3-23-8-4-5-16(23)12-21-19(24)15-7-6-14(2)17(11-15)22-20(25)18-13-27-10-9-26-18/h6-7,11,13,16H,3-5,8-10,12H2,1-2H3,(H,21,24)(H,22,25). The molecule has 2 aliphatic rings. The van der Waals surface area contributed by atoms with Crippen molar-refractivity contribution in [1.82, 2.24) is 10.2 Å². The Bertz CT molecular complexity index is 735. The zero-order valence-corrected chi connectivity index (χ0v) is 16.7. The molecule has 1 unspecified atom stereocenters. The Labute approximate surface area is 164 Å². The van der Waals surface area contributed by atoms with Gasteiger partial charge in [-0.15, -0.1) is 11.8 Å². The predicted octanol–water partition coefficient (Wildman–Crippen LogP) is 2.75. The molecule has 146 valence electrons. The number of amides is 2. The Morgan fingerprint density at radius 3 is 2.93 bits per heavy atom. The van der Waals surface area contributed by atoms with Crippen LogP contribution in [-0.4, -0.2) is 54.8 Å². The maximum Gasteiger partial charge on any atom is 0.291 e. The molecule has 0 aromatic heterocycles. The molecule has 2 amide bonds. The topological polar surface area (TPSA) is 70.7 Å². The van der Waals surface area contributed by atoms with Crippen molar-refractivity contribution >= 4 is 29.3 Å². The minimum Gasteiger partial charge on any atom is -0.487 e. The SMILES string of the molecule is CCN1CCCC1CNC(=O)c1ccc(C)c(NC(=O)C2=CSCCO2)c1. The lowest BCUT2D eigenvalue weighted by atomic mass is 10.1. The molecule has 6 nitrogen and oxygen atoms in total. The molecule has 0 saturated carbocycles. The molecule has 1 fully saturated rings. The van der Waals surface area contributed by atoms with E-state index < -0.39 is 0 Å². The summed E-state index contributed by atoms with van der Waals surface area (Å²) in [5.74, 6) is 0.771. The summed E-state index contributed by atoms with van der Waals surface area (Å²) in [5, 5.41) is 7.62. The first-order valence-electron chi connectivity index (χ1n) is 9.47. The first-order chi connectivity index (χ1) is 13.1. The summed E-state index contributed by atoms with van der Waals surface area (Å²) in [6, 6.07) is 5.78. The van der Waals surface area contributed by atoms with E-state index in [4.69, 9.17) is 4.74 Å². The first-order valence-corrected chi connectivity index (χ1v) is 10.5. The van der Waals surface area contributed by atoms with Gasteiger partial charge in [0.05, 0.1) is 6.61 Å². The molecule has 0 radical (unpaired) electrons. The third-order valence-electron chi connectivity index (χ3n) is 5.02. The maximum absolute atomic E-state index is 12.6. The molecule has 1 atom stereocenters. The zero-order valence-electron chi connectivity index (χ0n) is 15.9. The van der Waals surface area contributed by atoms with Crippen molar-refractivity contribution in [2.24, 2.45) is 0 Å². The number of benzene rings is 1. The summed E-state index contributed by atoms with van der Waals surface area (Å²) >= 11 is 1.56. The summed E-state index contributed by atoms with van der Waals surface area (Å²) in [6.45, 7) is 7.35. The van der Waals surface area contributed by atoms with E-state index in [0.29, 0.717) is 36.2 Å². The van der Waals surface area contributed by atoms with Crippen molar-refractivity contribution in [1.29, 1.82) is 0 Å². The molecular formula is C20H27N3O3S. The predicted molar refractivity (Wildman–Crippen MR) is 109 cm³/mol. The Kier molecular flexibility index (Phi) is 6.79. The molecule has 3 rings (SSSR count). The third-order valence-corrected chi connectivity index (χ3v) is 5.81. The molecule has 1 aromatic carbocycles. The van der Waals surface area contributed by atoms with Gasteiger partial charge >= 0.3 is 0 Å². The second-order valence-corrected chi connectivity index (χ2v) is 7.80. The zero-order chi connectivity index (χ0) is 19.2. The van der Waals surface area contributed by atoms with Crippen LogP contribution in [0, 0.1) is 6.92 Å². The molecule has 7 heteroatoms. The van der Waals surface area contributed by atoms with E-state index in [1.54, 1.807) is 29.3 Å². The lowest BCUT2D eigenvalue weighted by molar-refractivity contribution is -0.116. The summed E-state index contributed by atoms with van der Waals surface area (Å²) in [4.78, 5) is 27.3. The molecule has 0 aliphatic carbocycles. The maximum atomic E-state index is 12.6. The molecule has 2 N–H and O–H groups in total. The van der Waals surface area contributed by atoms with Crippen LogP contribution in [0.1, 0.15) is 35.7 Å². The van der Waals surface area contributed by atoms with Crippen LogP contribution in [0.3, 0.4) is 0 Å². The Morgan fingerprint density at radius 2 is 2.19 bits per heavy atom. The van der Waals surface area contributed by atoms with E-state index in [2.05, 4.69) is 22.5 Å². The van der Waals surface area contributed by atoms with Crippen LogP contribution in [-0.2, 0) is 9.53 Å². The van der Waals surface area contributed by atoms with Crippen LogP contribution in [0.4, 0.5) is 5.69 Å². The number of hydrogen-bond acceptors (Lipinski definition) is 5. The number of likely N-dealkylation sites (N-methyl/N-ethyl adjacent to an activating group) is 1. The number of rotatable bonds is 6. The second-order valence-electron chi connectivity index (χ2n) is 6.82. The molecule has 2 heterocycles. The van der Waals surface area contributed by atoms with Gasteiger partial charge in [-0.2, -0.15) is 0 Å². The monoisotopic (exact) mass is 389 g/mol. The smallest absolute Gasteiger partial charge is 0.291 e. The van der Waals surface area contributed by atoms with Crippen molar-refractivity contribution in [3.63, 3.8) is 0 Å². The van der Waals surface area contributed by atoms with E-state index >= 15 is 0 Å². The minimum atomic E-state index is -0.285. The number of thioether (sulfide) groups is 1. The molecule has 2 aliphatic heterocycles. The number of ether oxygens (including phenoxy) is 1. The van der Waals surface area contributed by atoms with Crippen molar-refractivity contribution < 1.29 is 14.3 Å². The molecule has 0 spiro atoms. The Balaban J connectivity index is 1.62. The van der Waals surface area contributed by atoms with Crippen molar-refractivity contribution in [2.45, 2.75) is 32.7 Å². The fraction of sp³-hybridized carbons (Fsp3) is 0.500. The molecule has 0 bridgehead atoms. The van der Waals surface area contributed by atoms with Gasteiger partial charge < -0.3 is 15.4 Å². The Hall–Kier alpha value is -1.99. The van der Waals surface area contributed by atoms with E-state index in [1.165, 1.54) is 6.42 Å². The lowest BCUT2D eigenvalue weighted by Gasteiger charge is -2.23. The van der Waals surface area contributed by atoms with Crippen molar-refractivity contribution in [3.05, 3.63) is 40.5 Å². The van der Waals surface area contributed by atoms with Gasteiger partial charge in [0.15, 0.2) is 5.76 Å². The van der Waals surface area contributed by atoms with E-state index in [0.717, 1.165) is 30.8 Å². The molecule has 1 aromatic rings. The highest BCUT2D eigenvalue weighted by atomic mass is 32.2. The number of hydrogen-bond donors (Lipinski definition) is 2. The highest BCUT2D eigenvalue weighted by Gasteiger charge is 2.23. The number of nitrogens with zero attached hydrogens (tertiary/aromatic N) is 1. The lowest BCUT2D eigenvalue weighted by Crippen LogP contribution is -2.40. The largest absolute Gasteiger partial charge is 0.487 e. The molecular weight excluding hydrogens is 362 g/mol. The van der Waals surface area contributed by atoms with Crippen LogP contribution in [0.15, 0.2) is 29.4 Å². The van der Waals surface area contributed by atoms with Crippen LogP contribution in [0.5, 0.6) is 0 Å². The first kappa shape index (κ1) is 19.8. The van der Waals surface area contributed by atoms with Gasteiger partial charge in [-0.25, -0.2) is 0 Å². The normalized spacial score (nSPS) is 19.9. The molecule has 1 saturated heterocycles. The van der Waals surface area contributed by atoms with Crippen LogP contribution in [0.25, 0.3) is 0 Å². The number of aryl methyl sites for hydroxylation is 1. The van der Waals surface area contributed by atoms with Gasteiger partial charge in [-0.1, -0.05) is 13.0 Å². The van der Waals surface area contributed by atoms with Gasteiger partial charge in [-0.05, 0) is 50.6 Å². The van der Waals surface area contributed by atoms with Gasteiger partial charge in [-0.3, -0.25) is 14.5 Å². The van der Waals surface area contributed by atoms with Gasteiger partial charge in [0.1, 0.15) is 0 Å². The third kappa shape index (κ3) is 5.05. The number of carbonyl (C=O) groups excluding carboxylic acids is 2. The summed E-state index contributed by atoms with van der Waals surface area (Å²) in [7, 11) is 0. The summed E-state index contributed by atoms with van der Waals surface area (Å²) in [5.41, 5.74) is 2.07. The number of likely N-dealkylation sites (tertiary alicyclic amines) is 1. The van der Waals surface area contributed by atoms with E-state index in [9.17, 15) is 9.59 Å². The average Bonchev–Trinajstić information content (AvgIpc) is 3.16. The highest BCUT2D eigenvalue weighted by Crippen LogP contribution is 2.21. The number of nitrogens with one attached hydrogen (secondary N) is 2. The van der Waals surface area contributed by atoms with Crippen LogP contribution < -0.4 is 10.6 Å². The van der Waals surface area contributed by atoms with Gasteiger partial charge in [0, 0.05) is 35.0 Å². The van der Waals surface area contributed by atoms with E-state index in [-0.39, 0.29) is 11.8 Å². The van der Waals surface area contributed by atoms with E-state index in [1.807, 2.05) is 13.0 Å². The minimum absolute atomic E-state index is 0.114. The Morgan fingerprint density at radius 1 is 1.33 bits per heavy atom. The average molecular weight is 390 g/mol. The number of anilines is 1. The van der Waals surface area contributed by atoms with Crippen LogP contribution in [0.2, 0.25) is 0 Å². The fourth-order valence-electron chi connectivity index (χ4n) is 3.42. The quantitative estimate of drug-likeness (QED) is 0.783. The van der Waals surface area contributed by atoms with Crippen molar-refractivity contribution in [3.8, 4) is 0 Å². The van der Waals surface area contributed by atoms with Gasteiger partial charge in [0.2, 0.25) is 0 Å². The summed E-state index contributed by atoms with van der Waals surface area (Å²) < 4.78 is 5.39. The summed E-state index contributed by atoms with van der Waals surface area (Å²) in [6.07, 6.45) is 2.31. The number of carbonyl (C=O) groups is 2. The van der Waals surface area contributed by atoms with Crippen molar-refractivity contribution in [2.75, 3.05) is 37.3 Å². The highest BCUT2D eigenvalue weighted by molar-refractivity contribution is 8.02. The second kappa shape index (κ2) is 9.28. The van der Waals surface area contributed by atoms with Crippen LogP contribution >= 0.6 is 11.8 Å². The van der Waals surface area contributed by atoms with Gasteiger partial charge in [0.25, 0.3) is 11.8 Å².